The van der Waals surface area contributed by atoms with Gasteiger partial charge in [-0.05, 0) is 43.3 Å². The van der Waals surface area contributed by atoms with Crippen molar-refractivity contribution in [3.05, 3.63) is 25.3 Å². The predicted molar refractivity (Wildman–Crippen MR) is 107 cm³/mol. The molecule has 0 rings (SSSR count). The molecule has 0 amide bonds. The van der Waals surface area contributed by atoms with E-state index in [1.807, 2.05) is 0 Å². The largest absolute Gasteiger partial charge is 0.381 e. The van der Waals surface area contributed by atoms with Gasteiger partial charge < -0.3 is 9.47 Å². The summed E-state index contributed by atoms with van der Waals surface area (Å²) in [6.45, 7) is 18.1. The van der Waals surface area contributed by atoms with E-state index in [1.54, 1.807) is 0 Å². The monoisotopic (exact) mass is 366 g/mol. The molecule has 0 saturated carbocycles. The number of ether oxygens (including phenoxy) is 2. The maximum atomic E-state index is 11.3. The summed E-state index contributed by atoms with van der Waals surface area (Å²) in [5.74, 6) is 0.881. The minimum absolute atomic E-state index is 0.0205. The Morgan fingerprint density at radius 2 is 1.31 bits per heavy atom. The Labute approximate surface area is 160 Å². The standard InChI is InChI=1S/C22H38O4/c1-7-20(23)12-10-18(4)14-25-16-22(6,9-3)17-26-15-19(5)11-13-21(24)8-2/h7-8,18-19H,1-2,9-17H2,3-6H3. The third-order valence-electron chi connectivity index (χ3n) is 4.78. The average molecular weight is 367 g/mol. The summed E-state index contributed by atoms with van der Waals surface area (Å²) in [7, 11) is 0. The van der Waals surface area contributed by atoms with E-state index >= 15 is 0 Å². The van der Waals surface area contributed by atoms with Crippen molar-refractivity contribution in [3.63, 3.8) is 0 Å². The molecule has 0 N–H and O–H groups in total. The Hall–Kier alpha value is -1.26. The molecule has 0 fully saturated rings. The molecule has 0 radical (unpaired) electrons. The van der Waals surface area contributed by atoms with E-state index in [9.17, 15) is 9.59 Å². The van der Waals surface area contributed by atoms with Crippen LogP contribution in [0.5, 0.6) is 0 Å². The van der Waals surface area contributed by atoms with Crippen LogP contribution < -0.4 is 0 Å². The number of carbonyl (C=O) groups excluding carboxylic acids is 2. The third-order valence-corrected chi connectivity index (χ3v) is 4.78. The van der Waals surface area contributed by atoms with Crippen LogP contribution in [0.2, 0.25) is 0 Å². The predicted octanol–water partition coefficient (Wildman–Crippen LogP) is 4.78. The lowest BCUT2D eigenvalue weighted by molar-refractivity contribution is -0.115. The number of rotatable bonds is 17. The van der Waals surface area contributed by atoms with Crippen molar-refractivity contribution in [2.75, 3.05) is 26.4 Å². The van der Waals surface area contributed by atoms with Crippen molar-refractivity contribution in [1.29, 1.82) is 0 Å². The molecule has 4 heteroatoms. The second-order valence-corrected chi connectivity index (χ2v) is 7.82. The highest BCUT2D eigenvalue weighted by Gasteiger charge is 2.23. The van der Waals surface area contributed by atoms with Crippen molar-refractivity contribution in [3.8, 4) is 0 Å². The fraction of sp³-hybridized carbons (Fsp3) is 0.727. The van der Waals surface area contributed by atoms with E-state index < -0.39 is 0 Å². The molecule has 0 aliphatic carbocycles. The van der Waals surface area contributed by atoms with Crippen molar-refractivity contribution < 1.29 is 19.1 Å². The molecule has 150 valence electrons. The maximum absolute atomic E-state index is 11.3. The smallest absolute Gasteiger partial charge is 0.155 e. The van der Waals surface area contributed by atoms with E-state index in [2.05, 4.69) is 40.9 Å². The van der Waals surface area contributed by atoms with Gasteiger partial charge in [0.25, 0.3) is 0 Å². The number of hydrogen-bond donors (Lipinski definition) is 0. The van der Waals surface area contributed by atoms with Crippen LogP contribution in [0.3, 0.4) is 0 Å². The zero-order valence-corrected chi connectivity index (χ0v) is 17.2. The van der Waals surface area contributed by atoms with Gasteiger partial charge in [-0.2, -0.15) is 0 Å². The summed E-state index contributed by atoms with van der Waals surface area (Å²) in [6, 6.07) is 0. The number of carbonyl (C=O) groups is 2. The van der Waals surface area contributed by atoms with E-state index in [0.29, 0.717) is 51.1 Å². The van der Waals surface area contributed by atoms with Crippen molar-refractivity contribution in [2.45, 2.75) is 59.8 Å². The summed E-state index contributed by atoms with van der Waals surface area (Å²) in [5.41, 5.74) is -0.0205. The minimum atomic E-state index is -0.0205. The first-order chi connectivity index (χ1) is 12.3. The van der Waals surface area contributed by atoms with Crippen molar-refractivity contribution >= 4 is 11.6 Å². The lowest BCUT2D eigenvalue weighted by atomic mass is 9.89. The second-order valence-electron chi connectivity index (χ2n) is 7.82. The Bertz CT molecular complexity index is 405. The van der Waals surface area contributed by atoms with Gasteiger partial charge in [0.15, 0.2) is 11.6 Å². The fourth-order valence-corrected chi connectivity index (χ4v) is 2.41. The van der Waals surface area contributed by atoms with Crippen molar-refractivity contribution in [2.24, 2.45) is 17.3 Å². The van der Waals surface area contributed by atoms with E-state index in [0.717, 1.165) is 19.3 Å². The summed E-state index contributed by atoms with van der Waals surface area (Å²) in [5, 5.41) is 0. The first-order valence-corrected chi connectivity index (χ1v) is 9.72. The molecular weight excluding hydrogens is 328 g/mol. The van der Waals surface area contributed by atoms with Crippen LogP contribution in [0.15, 0.2) is 25.3 Å². The summed E-state index contributed by atoms with van der Waals surface area (Å²) in [4.78, 5) is 22.5. The molecule has 0 saturated heterocycles. The molecule has 0 heterocycles. The molecule has 2 unspecified atom stereocenters. The number of ketones is 2. The van der Waals surface area contributed by atoms with Crippen molar-refractivity contribution in [1.82, 2.24) is 0 Å². The topological polar surface area (TPSA) is 52.6 Å². The van der Waals surface area contributed by atoms with Gasteiger partial charge in [-0.3, -0.25) is 9.59 Å². The van der Waals surface area contributed by atoms with Crippen LogP contribution in [-0.2, 0) is 19.1 Å². The zero-order chi connectivity index (χ0) is 20.0. The van der Waals surface area contributed by atoms with Gasteiger partial charge in [-0.15, -0.1) is 0 Å². The highest BCUT2D eigenvalue weighted by molar-refractivity contribution is 5.89. The third kappa shape index (κ3) is 12.2. The fourth-order valence-electron chi connectivity index (χ4n) is 2.41. The van der Waals surface area contributed by atoms with Gasteiger partial charge in [-0.25, -0.2) is 0 Å². The van der Waals surface area contributed by atoms with E-state index in [4.69, 9.17) is 9.47 Å². The highest BCUT2D eigenvalue weighted by Crippen LogP contribution is 2.23. The Balaban J connectivity index is 4.04. The number of allylic oxidation sites excluding steroid dienone is 2. The van der Waals surface area contributed by atoms with E-state index in [1.165, 1.54) is 12.2 Å². The van der Waals surface area contributed by atoms with Crippen LogP contribution in [0.1, 0.15) is 59.8 Å². The molecule has 0 aliphatic heterocycles. The summed E-state index contributed by atoms with van der Waals surface area (Å²) >= 11 is 0. The van der Waals surface area contributed by atoms with Crippen LogP contribution in [0.25, 0.3) is 0 Å². The molecule has 0 aromatic heterocycles. The van der Waals surface area contributed by atoms with E-state index in [-0.39, 0.29) is 17.0 Å². The molecule has 2 atom stereocenters. The molecular formula is C22H38O4. The van der Waals surface area contributed by atoms with Crippen LogP contribution in [0, 0.1) is 17.3 Å². The molecule has 26 heavy (non-hydrogen) atoms. The van der Waals surface area contributed by atoms with Gasteiger partial charge in [-0.1, -0.05) is 40.9 Å². The highest BCUT2D eigenvalue weighted by atomic mass is 16.5. The molecule has 0 spiro atoms. The van der Waals surface area contributed by atoms with Gasteiger partial charge in [0.05, 0.1) is 13.2 Å². The Morgan fingerprint density at radius 1 is 0.923 bits per heavy atom. The number of hydrogen-bond acceptors (Lipinski definition) is 4. The minimum Gasteiger partial charge on any atom is -0.381 e. The summed E-state index contributed by atoms with van der Waals surface area (Å²) in [6.07, 6.45) is 6.46. The lowest BCUT2D eigenvalue weighted by Crippen LogP contribution is -2.30. The van der Waals surface area contributed by atoms with Crippen LogP contribution in [-0.4, -0.2) is 38.0 Å². The Morgan fingerprint density at radius 3 is 1.62 bits per heavy atom. The normalized spacial score (nSPS) is 15.7. The first kappa shape index (κ1) is 24.7. The molecule has 4 nitrogen and oxygen atoms in total. The van der Waals surface area contributed by atoms with Gasteiger partial charge in [0, 0.05) is 31.5 Å². The quantitative estimate of drug-likeness (QED) is 0.348. The van der Waals surface area contributed by atoms with Gasteiger partial charge in [0.1, 0.15) is 0 Å². The Kier molecular flexibility index (Phi) is 13.2. The average Bonchev–Trinajstić information content (AvgIpc) is 2.63. The molecule has 0 aromatic rings. The van der Waals surface area contributed by atoms with Gasteiger partial charge >= 0.3 is 0 Å². The first-order valence-electron chi connectivity index (χ1n) is 9.72. The molecule has 0 bridgehead atoms. The molecule has 0 aliphatic rings. The zero-order valence-electron chi connectivity index (χ0n) is 17.2. The summed E-state index contributed by atoms with van der Waals surface area (Å²) < 4.78 is 11.8. The lowest BCUT2D eigenvalue weighted by Gasteiger charge is -2.29. The maximum Gasteiger partial charge on any atom is 0.155 e. The van der Waals surface area contributed by atoms with Crippen LogP contribution in [0.4, 0.5) is 0 Å². The molecule has 0 aromatic carbocycles. The van der Waals surface area contributed by atoms with Gasteiger partial charge in [0.2, 0.25) is 0 Å². The SMILES string of the molecule is C=CC(=O)CCC(C)COCC(C)(CC)COCC(C)CCC(=O)C=C. The van der Waals surface area contributed by atoms with Crippen LogP contribution >= 0.6 is 0 Å². The second kappa shape index (κ2) is 13.9.